The zero-order valence-corrected chi connectivity index (χ0v) is 10.1. The molecule has 7 nitrogen and oxygen atoms in total. The molecule has 1 unspecified atom stereocenters. The van der Waals surface area contributed by atoms with Crippen LogP contribution in [0.3, 0.4) is 0 Å². The van der Waals surface area contributed by atoms with Crippen molar-refractivity contribution in [3.8, 4) is 11.5 Å². The number of morpholine rings is 1. The Labute approximate surface area is 109 Å². The molecular weight excluding hydrogens is 252 g/mol. The van der Waals surface area contributed by atoms with Gasteiger partial charge in [-0.15, -0.1) is 0 Å². The molecule has 1 saturated heterocycles. The quantitative estimate of drug-likeness (QED) is 0.663. The summed E-state index contributed by atoms with van der Waals surface area (Å²) in [6, 6.07) is 2.71. The van der Waals surface area contributed by atoms with Crippen LogP contribution >= 0.6 is 0 Å². The fraction of sp³-hybridized carbons (Fsp3) is 0.333. The zero-order chi connectivity index (χ0) is 14.0. The number of amides is 2. The zero-order valence-electron chi connectivity index (χ0n) is 10.1. The normalized spacial score (nSPS) is 19.2. The van der Waals surface area contributed by atoms with Gasteiger partial charge in [-0.3, -0.25) is 9.59 Å². The molecule has 1 aliphatic rings. The number of carbonyl (C=O) groups excluding carboxylic acids is 2. The van der Waals surface area contributed by atoms with Gasteiger partial charge in [0.25, 0.3) is 5.91 Å². The molecule has 1 aliphatic heterocycles. The first-order valence-corrected chi connectivity index (χ1v) is 5.70. The summed E-state index contributed by atoms with van der Waals surface area (Å²) in [6.07, 6.45) is 0. The molecule has 7 heteroatoms. The highest BCUT2D eigenvalue weighted by molar-refractivity contribution is 5.98. The second-order valence-corrected chi connectivity index (χ2v) is 4.23. The Balaban J connectivity index is 2.28. The third-order valence-electron chi connectivity index (χ3n) is 2.87. The summed E-state index contributed by atoms with van der Waals surface area (Å²) >= 11 is 0. The highest BCUT2D eigenvalue weighted by atomic mass is 16.5. The average molecular weight is 266 g/mol. The largest absolute Gasteiger partial charge is 0.508 e. The van der Waals surface area contributed by atoms with E-state index in [0.29, 0.717) is 6.61 Å². The predicted molar refractivity (Wildman–Crippen MR) is 64.6 cm³/mol. The van der Waals surface area contributed by atoms with Gasteiger partial charge in [0, 0.05) is 18.2 Å². The van der Waals surface area contributed by atoms with Crippen molar-refractivity contribution in [2.75, 3.05) is 19.8 Å². The second-order valence-electron chi connectivity index (χ2n) is 4.23. The highest BCUT2D eigenvalue weighted by Crippen LogP contribution is 2.22. The molecule has 0 aliphatic carbocycles. The van der Waals surface area contributed by atoms with Gasteiger partial charge in [0.15, 0.2) is 0 Å². The minimum atomic E-state index is -0.842. The minimum Gasteiger partial charge on any atom is -0.508 e. The first-order chi connectivity index (χ1) is 8.99. The maximum atomic E-state index is 12.3. The molecule has 0 radical (unpaired) electrons. The number of hydrogen-bond acceptors (Lipinski definition) is 5. The van der Waals surface area contributed by atoms with Crippen LogP contribution in [0.1, 0.15) is 10.4 Å². The average Bonchev–Trinajstić information content (AvgIpc) is 2.36. The number of phenolic OH excluding ortho intramolecular Hbond substituents is 2. The fourth-order valence-corrected chi connectivity index (χ4v) is 1.97. The number of aromatic hydroxyl groups is 2. The van der Waals surface area contributed by atoms with E-state index in [1.54, 1.807) is 0 Å². The molecular formula is C12H14N2O5. The van der Waals surface area contributed by atoms with Gasteiger partial charge in [0.2, 0.25) is 5.91 Å². The lowest BCUT2D eigenvalue weighted by atomic mass is 10.1. The molecule has 0 saturated carbocycles. The topological polar surface area (TPSA) is 113 Å². The molecule has 2 rings (SSSR count). The SMILES string of the molecule is NC(=O)C1COCCN1C(=O)c1cc(O)cc(O)c1. The van der Waals surface area contributed by atoms with E-state index in [1.807, 2.05) is 0 Å². The Kier molecular flexibility index (Phi) is 3.57. The molecule has 0 aromatic heterocycles. The van der Waals surface area contributed by atoms with Crippen LogP contribution in [0.25, 0.3) is 0 Å². The first-order valence-electron chi connectivity index (χ1n) is 5.70. The van der Waals surface area contributed by atoms with Crippen molar-refractivity contribution in [1.29, 1.82) is 0 Å². The van der Waals surface area contributed by atoms with E-state index in [2.05, 4.69) is 0 Å². The van der Waals surface area contributed by atoms with E-state index < -0.39 is 17.9 Å². The first kappa shape index (κ1) is 13.2. The third kappa shape index (κ3) is 2.76. The maximum absolute atomic E-state index is 12.3. The summed E-state index contributed by atoms with van der Waals surface area (Å²) in [5, 5.41) is 18.7. The van der Waals surface area contributed by atoms with E-state index in [9.17, 15) is 19.8 Å². The van der Waals surface area contributed by atoms with Gasteiger partial charge in [-0.2, -0.15) is 0 Å². The van der Waals surface area contributed by atoms with Crippen LogP contribution in [0, 0.1) is 0 Å². The van der Waals surface area contributed by atoms with Gasteiger partial charge in [0.05, 0.1) is 13.2 Å². The van der Waals surface area contributed by atoms with Crippen LogP contribution in [0.2, 0.25) is 0 Å². The Morgan fingerprint density at radius 3 is 2.47 bits per heavy atom. The van der Waals surface area contributed by atoms with Crippen molar-refractivity contribution in [1.82, 2.24) is 4.90 Å². The fourth-order valence-electron chi connectivity index (χ4n) is 1.97. The molecule has 4 N–H and O–H groups in total. The highest BCUT2D eigenvalue weighted by Gasteiger charge is 2.32. The monoisotopic (exact) mass is 266 g/mol. The van der Waals surface area contributed by atoms with E-state index in [1.165, 1.54) is 17.0 Å². The summed E-state index contributed by atoms with van der Waals surface area (Å²) in [5.74, 6) is -1.60. The number of phenols is 2. The molecule has 1 aromatic rings. The third-order valence-corrected chi connectivity index (χ3v) is 2.87. The molecule has 102 valence electrons. The second kappa shape index (κ2) is 5.15. The minimum absolute atomic E-state index is 0.0475. The summed E-state index contributed by atoms with van der Waals surface area (Å²) in [7, 11) is 0. The van der Waals surface area contributed by atoms with Crippen molar-refractivity contribution < 1.29 is 24.5 Å². The van der Waals surface area contributed by atoms with Crippen LogP contribution in [0.15, 0.2) is 18.2 Å². The van der Waals surface area contributed by atoms with Gasteiger partial charge in [-0.1, -0.05) is 0 Å². The molecule has 0 spiro atoms. The van der Waals surface area contributed by atoms with Crippen molar-refractivity contribution in [2.24, 2.45) is 5.73 Å². The number of nitrogens with zero attached hydrogens (tertiary/aromatic N) is 1. The number of nitrogens with two attached hydrogens (primary N) is 1. The van der Waals surface area contributed by atoms with Crippen molar-refractivity contribution in [2.45, 2.75) is 6.04 Å². The summed E-state index contributed by atoms with van der Waals surface area (Å²) in [4.78, 5) is 24.8. The smallest absolute Gasteiger partial charge is 0.254 e. The van der Waals surface area contributed by atoms with Gasteiger partial charge >= 0.3 is 0 Å². The maximum Gasteiger partial charge on any atom is 0.254 e. The Morgan fingerprint density at radius 1 is 1.26 bits per heavy atom. The lowest BCUT2D eigenvalue weighted by Crippen LogP contribution is -2.54. The van der Waals surface area contributed by atoms with Gasteiger partial charge in [0.1, 0.15) is 17.5 Å². The Bertz CT molecular complexity index is 497. The molecule has 0 bridgehead atoms. The Morgan fingerprint density at radius 2 is 1.89 bits per heavy atom. The number of primary amides is 1. The van der Waals surface area contributed by atoms with Crippen molar-refractivity contribution in [3.63, 3.8) is 0 Å². The Hall–Kier alpha value is -2.28. The van der Waals surface area contributed by atoms with Gasteiger partial charge < -0.3 is 25.6 Å². The number of hydrogen-bond donors (Lipinski definition) is 3. The van der Waals surface area contributed by atoms with Crippen molar-refractivity contribution in [3.05, 3.63) is 23.8 Å². The van der Waals surface area contributed by atoms with E-state index in [0.717, 1.165) is 6.07 Å². The number of benzene rings is 1. The van der Waals surface area contributed by atoms with E-state index in [4.69, 9.17) is 10.5 Å². The number of carbonyl (C=O) groups is 2. The van der Waals surface area contributed by atoms with E-state index in [-0.39, 0.29) is 30.2 Å². The summed E-state index contributed by atoms with van der Waals surface area (Å²) in [5.41, 5.74) is 5.31. The molecule has 1 atom stereocenters. The molecule has 1 aromatic carbocycles. The lowest BCUT2D eigenvalue weighted by molar-refractivity contribution is -0.127. The molecule has 2 amide bonds. The van der Waals surface area contributed by atoms with Crippen LogP contribution < -0.4 is 5.73 Å². The summed E-state index contributed by atoms with van der Waals surface area (Å²) < 4.78 is 5.11. The van der Waals surface area contributed by atoms with Gasteiger partial charge in [-0.05, 0) is 12.1 Å². The standard InChI is InChI=1S/C12H14N2O5/c13-11(17)10-6-19-2-1-14(10)12(18)7-3-8(15)5-9(16)4-7/h3-5,10,15-16H,1-2,6H2,(H2,13,17). The van der Waals surface area contributed by atoms with Crippen LogP contribution in [-0.4, -0.2) is 52.7 Å². The van der Waals surface area contributed by atoms with Gasteiger partial charge in [-0.25, -0.2) is 0 Å². The lowest BCUT2D eigenvalue weighted by Gasteiger charge is -2.33. The molecule has 19 heavy (non-hydrogen) atoms. The summed E-state index contributed by atoms with van der Waals surface area (Å²) in [6.45, 7) is 0.578. The number of ether oxygens (including phenoxy) is 1. The van der Waals surface area contributed by atoms with Crippen LogP contribution in [0.5, 0.6) is 11.5 Å². The molecule has 1 fully saturated rings. The van der Waals surface area contributed by atoms with Crippen LogP contribution in [-0.2, 0) is 9.53 Å². The van der Waals surface area contributed by atoms with Crippen molar-refractivity contribution >= 4 is 11.8 Å². The van der Waals surface area contributed by atoms with Crippen LogP contribution in [0.4, 0.5) is 0 Å². The predicted octanol–water partition coefficient (Wildman–Crippen LogP) is -0.576. The number of rotatable bonds is 2. The molecule has 1 heterocycles. The van der Waals surface area contributed by atoms with E-state index >= 15 is 0 Å².